The van der Waals surface area contributed by atoms with Gasteiger partial charge in [0.2, 0.25) is 0 Å². The van der Waals surface area contributed by atoms with Gasteiger partial charge < -0.3 is 0 Å². The number of hydrogen-bond acceptors (Lipinski definition) is 0. The van der Waals surface area contributed by atoms with Crippen LogP contribution < -0.4 is 0 Å². The van der Waals surface area contributed by atoms with E-state index in [-0.39, 0.29) is 0 Å². The molecule has 0 aliphatic heterocycles. The lowest BCUT2D eigenvalue weighted by Crippen LogP contribution is -1.85. The summed E-state index contributed by atoms with van der Waals surface area (Å²) in [5.41, 5.74) is 2.81. The van der Waals surface area contributed by atoms with Crippen molar-refractivity contribution in [3.63, 3.8) is 0 Å². The first kappa shape index (κ1) is 11.5. The van der Waals surface area contributed by atoms with E-state index in [0.29, 0.717) is 0 Å². The van der Waals surface area contributed by atoms with E-state index in [1.54, 1.807) is 0 Å². The Morgan fingerprint density at radius 2 is 1.92 bits per heavy atom. The molecule has 0 aromatic carbocycles. The van der Waals surface area contributed by atoms with Gasteiger partial charge in [0.15, 0.2) is 0 Å². The van der Waals surface area contributed by atoms with E-state index >= 15 is 0 Å². The first-order valence-electron chi connectivity index (χ1n) is 4.99. The fourth-order valence-electron chi connectivity index (χ4n) is 1.24. The van der Waals surface area contributed by atoms with Crippen molar-refractivity contribution in [2.75, 3.05) is 0 Å². The van der Waals surface area contributed by atoms with Gasteiger partial charge in [0.1, 0.15) is 0 Å². The maximum Gasteiger partial charge on any atom is -0.0276 e. The molecule has 0 nitrogen and oxygen atoms in total. The summed E-state index contributed by atoms with van der Waals surface area (Å²) in [5, 5.41) is 0. The Morgan fingerprint density at radius 3 is 2.33 bits per heavy atom. The molecule has 0 aliphatic rings. The second kappa shape index (κ2) is 7.15. The first-order chi connectivity index (χ1) is 5.76. The molecule has 12 heavy (non-hydrogen) atoms. The fraction of sp³-hybridized carbons (Fsp3) is 0.667. The Labute approximate surface area is 77.4 Å². The Hall–Kier alpha value is -0.520. The molecule has 0 rings (SSSR count). The molecule has 0 fully saturated rings. The molecule has 0 heteroatoms. The van der Waals surface area contributed by atoms with E-state index in [1.807, 2.05) is 0 Å². The van der Waals surface area contributed by atoms with Gasteiger partial charge in [0, 0.05) is 0 Å². The van der Waals surface area contributed by atoms with Crippen LogP contribution in [0.25, 0.3) is 0 Å². The smallest absolute Gasteiger partial charge is 0.0276 e. The maximum atomic E-state index is 3.42. The van der Waals surface area contributed by atoms with Crippen LogP contribution in [0.4, 0.5) is 0 Å². The van der Waals surface area contributed by atoms with E-state index in [4.69, 9.17) is 0 Å². The highest BCUT2D eigenvalue weighted by Gasteiger charge is 1.96. The third kappa shape index (κ3) is 4.38. The van der Waals surface area contributed by atoms with E-state index in [2.05, 4.69) is 39.8 Å². The summed E-state index contributed by atoms with van der Waals surface area (Å²) in [4.78, 5) is 0. The van der Waals surface area contributed by atoms with Crippen molar-refractivity contribution in [2.24, 2.45) is 0 Å². The largest absolute Gasteiger partial charge is 0.0842 e. The van der Waals surface area contributed by atoms with E-state index < -0.39 is 0 Å². The number of rotatable bonds is 5. The van der Waals surface area contributed by atoms with E-state index in [1.165, 1.54) is 30.4 Å². The minimum Gasteiger partial charge on any atom is -0.0842 e. The average molecular weight is 165 g/mol. The van der Waals surface area contributed by atoms with Gasteiger partial charge in [0.05, 0.1) is 0 Å². The number of allylic oxidation sites excluding steroid dienone is 4. The Kier molecular flexibility index (Phi) is 6.84. The van der Waals surface area contributed by atoms with Crippen LogP contribution >= 0.6 is 0 Å². The van der Waals surface area contributed by atoms with Crippen molar-refractivity contribution in [1.82, 2.24) is 0 Å². The highest BCUT2D eigenvalue weighted by atomic mass is 14.0. The summed E-state index contributed by atoms with van der Waals surface area (Å²) in [6.45, 7) is 8.69. The molecule has 0 heterocycles. The fourth-order valence-corrected chi connectivity index (χ4v) is 1.24. The van der Waals surface area contributed by atoms with Gasteiger partial charge in [-0.2, -0.15) is 0 Å². The van der Waals surface area contributed by atoms with Gasteiger partial charge in [-0.15, -0.1) is 0 Å². The Bertz CT molecular complexity index is 161. The molecule has 0 aromatic rings. The maximum absolute atomic E-state index is 3.42. The number of hydrogen-bond donors (Lipinski definition) is 0. The molecule has 0 saturated carbocycles. The molecule has 0 spiro atoms. The van der Waals surface area contributed by atoms with Crippen molar-refractivity contribution in [2.45, 2.75) is 53.4 Å². The number of unbranched alkanes of at least 4 members (excludes halogenated alkanes) is 1. The minimum absolute atomic E-state index is 1.09. The van der Waals surface area contributed by atoms with Crippen molar-refractivity contribution in [1.29, 1.82) is 0 Å². The molecule has 0 aromatic heterocycles. The van der Waals surface area contributed by atoms with E-state index in [9.17, 15) is 0 Å². The van der Waals surface area contributed by atoms with Gasteiger partial charge in [-0.05, 0) is 43.9 Å². The molecule has 69 valence electrons. The lowest BCUT2D eigenvalue weighted by atomic mass is 10.0. The lowest BCUT2D eigenvalue weighted by Gasteiger charge is -2.04. The van der Waals surface area contributed by atoms with Crippen molar-refractivity contribution in [3.05, 3.63) is 23.3 Å². The highest BCUT2D eigenvalue weighted by Crippen LogP contribution is 2.15. The minimum atomic E-state index is 1.09. The molecule has 0 atom stereocenters. The van der Waals surface area contributed by atoms with Gasteiger partial charge in [-0.1, -0.05) is 32.8 Å². The zero-order chi connectivity index (χ0) is 9.40. The molecular formula is C12H21. The second-order valence-electron chi connectivity index (χ2n) is 3.12. The predicted octanol–water partition coefficient (Wildman–Crippen LogP) is 4.28. The zero-order valence-corrected chi connectivity index (χ0v) is 8.91. The van der Waals surface area contributed by atoms with Gasteiger partial charge >= 0.3 is 0 Å². The highest BCUT2D eigenvalue weighted by molar-refractivity contribution is 5.26. The van der Waals surface area contributed by atoms with Crippen LogP contribution in [0.3, 0.4) is 0 Å². The first-order valence-corrected chi connectivity index (χ1v) is 4.99. The monoisotopic (exact) mass is 165 g/mol. The molecule has 0 amide bonds. The Morgan fingerprint density at radius 1 is 1.25 bits per heavy atom. The van der Waals surface area contributed by atoms with Gasteiger partial charge in [0.25, 0.3) is 0 Å². The molecule has 0 aliphatic carbocycles. The normalized spacial score (nSPS) is 13.7. The van der Waals surface area contributed by atoms with Crippen LogP contribution in [-0.4, -0.2) is 0 Å². The zero-order valence-electron chi connectivity index (χ0n) is 8.91. The van der Waals surface area contributed by atoms with Crippen LogP contribution in [0.5, 0.6) is 0 Å². The average Bonchev–Trinajstić information content (AvgIpc) is 2.10. The van der Waals surface area contributed by atoms with Crippen LogP contribution in [0, 0.1) is 6.08 Å². The van der Waals surface area contributed by atoms with Crippen LogP contribution in [0.1, 0.15) is 53.4 Å². The molecule has 0 bridgehead atoms. The summed E-state index contributed by atoms with van der Waals surface area (Å²) in [6.07, 6.45) is 10.3. The van der Waals surface area contributed by atoms with Crippen molar-refractivity contribution >= 4 is 0 Å². The summed E-state index contributed by atoms with van der Waals surface area (Å²) < 4.78 is 0. The van der Waals surface area contributed by atoms with Crippen LogP contribution in [0.15, 0.2) is 17.2 Å². The molecule has 0 N–H and O–H groups in total. The second-order valence-corrected chi connectivity index (χ2v) is 3.12. The van der Waals surface area contributed by atoms with Crippen molar-refractivity contribution in [3.8, 4) is 0 Å². The van der Waals surface area contributed by atoms with Gasteiger partial charge in [-0.3, -0.25) is 0 Å². The molecule has 0 saturated heterocycles. The molecule has 0 unspecified atom stereocenters. The summed E-state index contributed by atoms with van der Waals surface area (Å²) in [5.74, 6) is 0. The van der Waals surface area contributed by atoms with E-state index in [0.717, 1.165) is 6.42 Å². The quantitative estimate of drug-likeness (QED) is 0.533. The standard InChI is InChI=1S/C12H21/c1-5-8-10-11(4)12(7-3)9-6-2/h7H,5-6,8-9H2,1-4H3/b11-10?,12-7-. The van der Waals surface area contributed by atoms with Crippen molar-refractivity contribution < 1.29 is 0 Å². The van der Waals surface area contributed by atoms with Crippen LogP contribution in [-0.2, 0) is 0 Å². The summed E-state index contributed by atoms with van der Waals surface area (Å²) in [6, 6.07) is 0. The lowest BCUT2D eigenvalue weighted by molar-refractivity contribution is 0.887. The van der Waals surface area contributed by atoms with Crippen LogP contribution in [0.2, 0.25) is 0 Å². The summed E-state index contributed by atoms with van der Waals surface area (Å²) >= 11 is 0. The Balaban J connectivity index is 4.11. The topological polar surface area (TPSA) is 0 Å². The third-order valence-corrected chi connectivity index (χ3v) is 1.99. The third-order valence-electron chi connectivity index (χ3n) is 1.99. The summed E-state index contributed by atoms with van der Waals surface area (Å²) in [7, 11) is 0. The molecule has 1 radical (unpaired) electrons. The SMILES string of the molecule is C/C=C(CCC)\C(C)=[C]\CCC. The molecular weight excluding hydrogens is 144 g/mol. The predicted molar refractivity (Wildman–Crippen MR) is 56.0 cm³/mol. The van der Waals surface area contributed by atoms with Gasteiger partial charge in [-0.25, -0.2) is 0 Å².